The van der Waals surface area contributed by atoms with E-state index in [0.29, 0.717) is 0 Å². The smallest absolute Gasteiger partial charge is 0.0541 e. The van der Waals surface area contributed by atoms with E-state index < -0.39 is 0 Å². The summed E-state index contributed by atoms with van der Waals surface area (Å²) >= 11 is 0. The van der Waals surface area contributed by atoms with Crippen LogP contribution in [0.1, 0.15) is 94.5 Å². The first kappa shape index (κ1) is 51.4. The molecule has 0 saturated carbocycles. The number of anilines is 6. The normalized spacial score (nSPS) is 13.6. The van der Waals surface area contributed by atoms with Crippen molar-refractivity contribution in [3.63, 3.8) is 0 Å². The first-order chi connectivity index (χ1) is 40.2. The number of aryl methyl sites for hydroxylation is 4. The zero-order valence-corrected chi connectivity index (χ0v) is 48.7. The van der Waals surface area contributed by atoms with E-state index >= 15 is 0 Å². The van der Waals surface area contributed by atoms with E-state index in [-0.39, 0.29) is 10.8 Å². The van der Waals surface area contributed by atoms with Crippen molar-refractivity contribution in [1.29, 1.82) is 0 Å². The maximum Gasteiger partial charge on any atom is 0.0541 e. The summed E-state index contributed by atoms with van der Waals surface area (Å²) in [6.07, 6.45) is 9.13. The van der Waals surface area contributed by atoms with Gasteiger partial charge in [-0.1, -0.05) is 202 Å². The Kier molecular flexibility index (Phi) is 12.4. The van der Waals surface area contributed by atoms with Gasteiger partial charge in [0.1, 0.15) is 0 Å². The molecule has 1 heterocycles. The van der Waals surface area contributed by atoms with E-state index in [9.17, 15) is 0 Å². The van der Waals surface area contributed by atoms with Gasteiger partial charge in [-0.3, -0.25) is 0 Å². The van der Waals surface area contributed by atoms with Crippen LogP contribution in [0, 0.1) is 27.7 Å². The molecule has 402 valence electrons. The lowest BCUT2D eigenvalue weighted by molar-refractivity contribution is 0.660. The molecule has 0 saturated heterocycles. The van der Waals surface area contributed by atoms with Crippen molar-refractivity contribution in [3.05, 3.63) is 303 Å². The summed E-state index contributed by atoms with van der Waals surface area (Å²) in [5.74, 6) is 0. The Hall–Kier alpha value is -9.70. The third-order valence-corrected chi connectivity index (χ3v) is 17.8. The number of hydrogen-bond donors (Lipinski definition) is 0. The third-order valence-electron chi connectivity index (χ3n) is 17.8. The Bertz CT molecular complexity index is 4190. The summed E-state index contributed by atoms with van der Waals surface area (Å²) in [6, 6.07) is 88.2. The Morgan fingerprint density at radius 3 is 0.928 bits per heavy atom. The second kappa shape index (κ2) is 20.1. The maximum absolute atomic E-state index is 2.42. The van der Waals surface area contributed by atoms with Crippen LogP contribution in [0.25, 0.3) is 74.1 Å². The molecule has 2 aliphatic rings. The third kappa shape index (κ3) is 9.09. The quantitative estimate of drug-likeness (QED) is 0.120. The molecule has 0 N–H and O–H groups in total. The van der Waals surface area contributed by atoms with Crippen LogP contribution in [0.15, 0.2) is 237 Å². The molecule has 14 rings (SSSR count). The number of para-hydroxylation sites is 1. The average molecular weight is 1070 g/mol. The van der Waals surface area contributed by atoms with Crippen molar-refractivity contribution in [1.82, 2.24) is 4.57 Å². The summed E-state index contributed by atoms with van der Waals surface area (Å²) in [4.78, 5) is 4.77. The van der Waals surface area contributed by atoms with Gasteiger partial charge >= 0.3 is 0 Å². The van der Waals surface area contributed by atoms with E-state index in [2.05, 4.69) is 331 Å². The van der Waals surface area contributed by atoms with Gasteiger partial charge in [0.15, 0.2) is 0 Å². The molecule has 0 fully saturated rings. The topological polar surface area (TPSA) is 11.4 Å². The minimum Gasteiger partial charge on any atom is -0.310 e. The summed E-state index contributed by atoms with van der Waals surface area (Å²) < 4.78 is 2.41. The molecular weight excluding hydrogens is 1000 g/mol. The molecule has 3 nitrogen and oxygen atoms in total. The molecular formula is C80H67N3. The van der Waals surface area contributed by atoms with Crippen LogP contribution in [0.2, 0.25) is 0 Å². The van der Waals surface area contributed by atoms with E-state index in [1.807, 2.05) is 0 Å². The summed E-state index contributed by atoms with van der Waals surface area (Å²) in [5, 5.41) is 2.46. The molecule has 0 bridgehead atoms. The van der Waals surface area contributed by atoms with Crippen LogP contribution >= 0.6 is 0 Å². The second-order valence-corrected chi connectivity index (χ2v) is 24.2. The number of rotatable bonds is 11. The van der Waals surface area contributed by atoms with Gasteiger partial charge in [0.05, 0.1) is 11.0 Å². The lowest BCUT2D eigenvalue weighted by atomic mass is 9.81. The molecule has 83 heavy (non-hydrogen) atoms. The van der Waals surface area contributed by atoms with Gasteiger partial charge < -0.3 is 14.4 Å². The first-order valence-corrected chi connectivity index (χ1v) is 29.2. The molecule has 0 unspecified atom stereocenters. The van der Waals surface area contributed by atoms with Crippen LogP contribution in [0.3, 0.4) is 0 Å². The minimum atomic E-state index is -0.192. The molecule has 0 atom stereocenters. The van der Waals surface area contributed by atoms with Crippen molar-refractivity contribution in [3.8, 4) is 27.9 Å². The maximum atomic E-state index is 2.42. The highest BCUT2D eigenvalue weighted by molar-refractivity contribution is 6.11. The monoisotopic (exact) mass is 1070 g/mol. The fourth-order valence-corrected chi connectivity index (χ4v) is 13.1. The number of hydrogen-bond acceptors (Lipinski definition) is 2. The van der Waals surface area contributed by atoms with E-state index in [1.165, 1.54) is 99.7 Å². The highest BCUT2D eigenvalue weighted by atomic mass is 15.1. The van der Waals surface area contributed by atoms with Crippen LogP contribution in [0.4, 0.5) is 34.1 Å². The molecule has 0 spiro atoms. The van der Waals surface area contributed by atoms with Crippen LogP contribution in [-0.2, 0) is 10.8 Å². The molecule has 0 radical (unpaired) electrons. The predicted molar refractivity (Wildman–Crippen MR) is 355 cm³/mol. The van der Waals surface area contributed by atoms with E-state index in [4.69, 9.17) is 0 Å². The summed E-state index contributed by atoms with van der Waals surface area (Å²) in [7, 11) is 0. The Morgan fingerprint density at radius 2 is 0.578 bits per heavy atom. The van der Waals surface area contributed by atoms with E-state index in [1.54, 1.807) is 0 Å². The van der Waals surface area contributed by atoms with Crippen LogP contribution < -0.4 is 9.80 Å². The largest absolute Gasteiger partial charge is 0.310 e. The van der Waals surface area contributed by atoms with Crippen molar-refractivity contribution in [2.24, 2.45) is 0 Å². The van der Waals surface area contributed by atoms with Crippen molar-refractivity contribution < 1.29 is 0 Å². The summed E-state index contributed by atoms with van der Waals surface area (Å²) in [6.45, 7) is 18.1. The number of benzene rings is 11. The highest BCUT2D eigenvalue weighted by Crippen LogP contribution is 2.53. The van der Waals surface area contributed by atoms with Gasteiger partial charge in [0.2, 0.25) is 0 Å². The Balaban J connectivity index is 0.760. The molecule has 3 heteroatoms. The standard InChI is InChI=1S/C80H67N3/c1-52-14-30-61(31-15-52)81(62-32-16-53(2)17-33-62)65-38-42-69-67-40-26-58(48-73(67)79(5,6)75(69)50-65)24-22-56-28-44-77-71(46-56)72-47-57(29-45-78(72)83(77)60-12-10-9-11-13-60)23-25-59-27-41-68-70-43-39-66(51-76(70)80(7,8)74(68)49-59)82(63-34-18-54(3)19-35-63)64-36-20-55(4)21-37-64/h9-51H,1-8H3. The average Bonchev–Trinajstić information content (AvgIpc) is 2.19. The van der Waals surface area contributed by atoms with E-state index in [0.717, 1.165) is 50.9 Å². The number of nitrogens with zero attached hydrogens (tertiary/aromatic N) is 3. The lowest BCUT2D eigenvalue weighted by Gasteiger charge is -2.28. The van der Waals surface area contributed by atoms with Gasteiger partial charge in [-0.05, 0) is 204 Å². The molecule has 2 aliphatic carbocycles. The molecule has 1 aromatic heterocycles. The Labute approximate surface area is 489 Å². The van der Waals surface area contributed by atoms with Crippen molar-refractivity contribution >= 4 is 80.2 Å². The SMILES string of the molecule is Cc1ccc(N(c2ccc(C)cc2)c2ccc3c(c2)C(C)(C)c2cc(C=Cc4ccc5c(c4)c4cc(C=Cc6ccc7c(c6)C(C)(C)c6cc(N(c8ccc(C)cc8)c8ccc(C)cc8)ccc6-7)ccc4n5-c4ccccc4)ccc2-3)cc1. The zero-order chi connectivity index (χ0) is 56.7. The van der Waals surface area contributed by atoms with Gasteiger partial charge in [0, 0.05) is 61.4 Å². The lowest BCUT2D eigenvalue weighted by Crippen LogP contribution is -2.16. The van der Waals surface area contributed by atoms with Gasteiger partial charge in [0.25, 0.3) is 0 Å². The molecule has 11 aromatic carbocycles. The summed E-state index contributed by atoms with van der Waals surface area (Å²) in [5.41, 5.74) is 30.4. The highest BCUT2D eigenvalue weighted by Gasteiger charge is 2.38. The second-order valence-electron chi connectivity index (χ2n) is 24.2. The Morgan fingerprint density at radius 1 is 0.289 bits per heavy atom. The van der Waals surface area contributed by atoms with Gasteiger partial charge in [-0.25, -0.2) is 0 Å². The van der Waals surface area contributed by atoms with Gasteiger partial charge in [-0.15, -0.1) is 0 Å². The zero-order valence-electron chi connectivity index (χ0n) is 48.7. The molecule has 0 aliphatic heterocycles. The fourth-order valence-electron chi connectivity index (χ4n) is 13.1. The van der Waals surface area contributed by atoms with Gasteiger partial charge in [-0.2, -0.15) is 0 Å². The predicted octanol–water partition coefficient (Wildman–Crippen LogP) is 21.9. The van der Waals surface area contributed by atoms with Crippen LogP contribution in [0.5, 0.6) is 0 Å². The number of fused-ring (bicyclic) bond motifs is 9. The molecule has 0 amide bonds. The van der Waals surface area contributed by atoms with Crippen LogP contribution in [-0.4, -0.2) is 4.57 Å². The van der Waals surface area contributed by atoms with Crippen molar-refractivity contribution in [2.75, 3.05) is 9.80 Å². The fraction of sp³-hybridized carbons (Fsp3) is 0.125. The first-order valence-electron chi connectivity index (χ1n) is 29.2. The number of aromatic nitrogens is 1. The molecule has 12 aromatic rings. The minimum absolute atomic E-state index is 0.192. The van der Waals surface area contributed by atoms with Crippen molar-refractivity contribution in [2.45, 2.75) is 66.2 Å².